The molecule has 2 aromatic rings. The van der Waals surface area contributed by atoms with Crippen molar-refractivity contribution in [2.75, 3.05) is 24.3 Å². The fraction of sp³-hybridized carbons (Fsp3) is 0.333. The molecule has 39 heavy (non-hydrogen) atoms. The summed E-state index contributed by atoms with van der Waals surface area (Å²) in [7, 11) is 2.74. The van der Waals surface area contributed by atoms with Crippen molar-refractivity contribution in [3.8, 4) is 0 Å². The van der Waals surface area contributed by atoms with Crippen molar-refractivity contribution in [2.24, 2.45) is 12.2 Å². The number of nitrogens with two attached hydrogens (primary N) is 1. The van der Waals surface area contributed by atoms with Gasteiger partial charge in [0.25, 0.3) is 11.8 Å². The number of rotatable bonds is 8. The number of aromatic nitrogens is 4. The maximum Gasteiger partial charge on any atom is 0.352 e. The standard InChI is InChI=1S/C18H18N8O7S3.2Na.H2O/c1-25-18(22-12(28)13(29)23-25)36-4-6-3-34-15-9(14(30)26(15)10(6)16(31)32)21-11(27)8(24-33-2)7-5-35-17(19)20-7;;;/h5,9,15H,3-4H2,1-2H3,(H2,19,20)(H,21,27)(H,23,29)(H,31,32);;;1H2/b24-8-;;;/t9-,15-;;;/m1.../s1. The Morgan fingerprint density at radius 3 is 2.62 bits per heavy atom. The van der Waals surface area contributed by atoms with E-state index in [2.05, 4.69) is 25.5 Å². The average molecular weight is 619 g/mol. The van der Waals surface area contributed by atoms with Crippen LogP contribution < -0.4 is 22.2 Å². The number of carboxylic acids is 1. The van der Waals surface area contributed by atoms with Crippen molar-refractivity contribution in [3.63, 3.8) is 0 Å². The molecule has 0 saturated carbocycles. The summed E-state index contributed by atoms with van der Waals surface area (Å²) in [6, 6.07) is -0.995. The van der Waals surface area contributed by atoms with E-state index in [-0.39, 0.29) is 103 Å². The van der Waals surface area contributed by atoms with Crippen LogP contribution in [0, 0.1) is 0 Å². The second-order valence-electron chi connectivity index (χ2n) is 7.30. The normalized spacial score (nSPS) is 18.1. The van der Waals surface area contributed by atoms with Crippen molar-refractivity contribution in [3.05, 3.63) is 43.1 Å². The Kier molecular flexibility index (Phi) is 13.4. The summed E-state index contributed by atoms with van der Waals surface area (Å²) in [5.74, 6) is -2.30. The molecule has 0 aromatic carbocycles. The van der Waals surface area contributed by atoms with E-state index < -0.39 is 40.3 Å². The minimum absolute atomic E-state index is 0. The van der Waals surface area contributed by atoms with Crippen LogP contribution in [0.4, 0.5) is 5.13 Å². The van der Waals surface area contributed by atoms with Gasteiger partial charge in [-0.05, 0) is 5.57 Å². The predicted molar refractivity (Wildman–Crippen MR) is 146 cm³/mol. The largest absolute Gasteiger partial charge is 0.477 e. The SMILES string of the molecule is CO/N=C(\C(=O)N[C@@H]1C(=O)N2C(C(=O)O)=C(CSc3nc(=O)c(=O)[nH]n3C)CS[C@H]12)c1csc(N)n1.O.[Na].[Na]. The molecule has 0 bridgehead atoms. The maximum absolute atomic E-state index is 12.9. The second kappa shape index (κ2) is 14.8. The number of nitrogens with one attached hydrogen (secondary N) is 2. The van der Waals surface area contributed by atoms with Crippen LogP contribution in [0.1, 0.15) is 5.69 Å². The van der Waals surface area contributed by atoms with Gasteiger partial charge < -0.3 is 26.5 Å². The third kappa shape index (κ3) is 7.34. The number of aliphatic carboxylic acids is 1. The summed E-state index contributed by atoms with van der Waals surface area (Å²) >= 11 is 3.41. The van der Waals surface area contributed by atoms with Crippen LogP contribution in [0.3, 0.4) is 0 Å². The van der Waals surface area contributed by atoms with Crippen molar-refractivity contribution in [1.29, 1.82) is 0 Å². The van der Waals surface area contributed by atoms with Crippen LogP contribution in [0.2, 0.25) is 0 Å². The van der Waals surface area contributed by atoms with E-state index in [1.165, 1.54) is 36.0 Å². The van der Waals surface area contributed by atoms with Gasteiger partial charge in [-0.3, -0.25) is 33.9 Å². The smallest absolute Gasteiger partial charge is 0.352 e. The summed E-state index contributed by atoms with van der Waals surface area (Å²) in [4.78, 5) is 74.3. The van der Waals surface area contributed by atoms with Gasteiger partial charge in [0.2, 0.25) is 0 Å². The molecule has 7 N–H and O–H groups in total. The van der Waals surface area contributed by atoms with Gasteiger partial charge in [-0.1, -0.05) is 16.9 Å². The Hall–Kier alpha value is -1.68. The van der Waals surface area contributed by atoms with Gasteiger partial charge in [-0.15, -0.1) is 23.1 Å². The van der Waals surface area contributed by atoms with Crippen LogP contribution in [0.15, 0.2) is 36.6 Å². The van der Waals surface area contributed by atoms with E-state index in [1.807, 2.05) is 0 Å². The Morgan fingerprint density at radius 2 is 2.03 bits per heavy atom. The zero-order chi connectivity index (χ0) is 26.1. The summed E-state index contributed by atoms with van der Waals surface area (Å²) in [5.41, 5.74) is 4.00. The number of thioether (sulfide) groups is 2. The van der Waals surface area contributed by atoms with Crippen molar-refractivity contribution >= 4 is 123 Å². The monoisotopic (exact) mass is 618 g/mol. The number of anilines is 1. The first-order chi connectivity index (χ1) is 17.1. The number of hydrogen-bond acceptors (Lipinski definition) is 13. The molecule has 0 aliphatic carbocycles. The third-order valence-electron chi connectivity index (χ3n) is 5.02. The molecule has 1 fully saturated rings. The molecule has 2 radical (unpaired) electrons. The zero-order valence-corrected chi connectivity index (χ0v) is 27.5. The molecular weight excluding hydrogens is 598 g/mol. The number of fused-ring (bicyclic) bond motifs is 1. The Morgan fingerprint density at radius 1 is 1.33 bits per heavy atom. The van der Waals surface area contributed by atoms with E-state index >= 15 is 0 Å². The number of aryl methyl sites for hydroxylation is 1. The molecule has 21 heteroatoms. The number of aromatic amines is 1. The number of carbonyl (C=O) groups excluding carboxylic acids is 2. The van der Waals surface area contributed by atoms with Gasteiger partial charge in [0.1, 0.15) is 29.9 Å². The number of nitrogens with zero attached hydrogens (tertiary/aromatic N) is 5. The number of β-lactam (4-membered cyclic amide) rings is 1. The maximum atomic E-state index is 12.9. The summed E-state index contributed by atoms with van der Waals surface area (Å²) < 4.78 is 1.25. The van der Waals surface area contributed by atoms with Crippen LogP contribution >= 0.6 is 34.9 Å². The molecule has 2 aliphatic heterocycles. The summed E-state index contributed by atoms with van der Waals surface area (Å²) in [6.07, 6.45) is 0. The Balaban J connectivity index is 0.00000253. The molecule has 2 aromatic heterocycles. The first kappa shape index (κ1) is 35.3. The van der Waals surface area contributed by atoms with Crippen molar-refractivity contribution in [1.82, 2.24) is 30.0 Å². The minimum atomic E-state index is -1.31. The Labute approximate surface area is 276 Å². The number of oxime groups is 1. The fourth-order valence-electron chi connectivity index (χ4n) is 3.44. The predicted octanol–water partition coefficient (Wildman–Crippen LogP) is -3.20. The number of nitrogen functional groups attached to an aromatic ring is 1. The molecule has 2 atom stereocenters. The Bertz CT molecular complexity index is 1440. The van der Waals surface area contributed by atoms with E-state index in [0.717, 1.165) is 28.0 Å². The zero-order valence-electron chi connectivity index (χ0n) is 21.1. The number of carbonyl (C=O) groups is 3. The topological polar surface area (TPSA) is 246 Å². The number of carboxylic acid groups (broad SMARTS) is 1. The van der Waals surface area contributed by atoms with Gasteiger partial charge >= 0.3 is 17.1 Å². The third-order valence-corrected chi connectivity index (χ3v) is 8.15. The van der Waals surface area contributed by atoms with E-state index in [4.69, 9.17) is 10.6 Å². The van der Waals surface area contributed by atoms with E-state index in [1.54, 1.807) is 0 Å². The number of thiazole rings is 1. The van der Waals surface area contributed by atoms with Crippen LogP contribution in [0.25, 0.3) is 0 Å². The van der Waals surface area contributed by atoms with Crippen LogP contribution in [-0.4, -0.2) is 148 Å². The molecule has 2 amide bonds. The first-order valence-electron chi connectivity index (χ1n) is 9.96. The molecule has 1 saturated heterocycles. The quantitative estimate of drug-likeness (QED) is 0.0571. The van der Waals surface area contributed by atoms with Gasteiger partial charge in [-0.2, -0.15) is 4.98 Å². The molecule has 4 heterocycles. The molecule has 16 nitrogen and oxygen atoms in total. The molecule has 4 rings (SSSR count). The van der Waals surface area contributed by atoms with Crippen LogP contribution in [0.5, 0.6) is 0 Å². The van der Waals surface area contributed by atoms with Gasteiger partial charge in [0.05, 0.1) is 0 Å². The average Bonchev–Trinajstić information content (AvgIpc) is 3.27. The number of hydrogen-bond donors (Lipinski definition) is 4. The van der Waals surface area contributed by atoms with Gasteiger partial charge in [0, 0.05) is 83.0 Å². The number of H-pyrrole nitrogens is 1. The molecule has 2 aliphatic rings. The molecule has 0 unspecified atom stereocenters. The summed E-state index contributed by atoms with van der Waals surface area (Å²) in [6.45, 7) is 0. The molecule has 200 valence electrons. The fourth-order valence-corrected chi connectivity index (χ4v) is 6.39. The first-order valence-corrected chi connectivity index (χ1v) is 12.9. The van der Waals surface area contributed by atoms with Gasteiger partial charge in [-0.25, -0.2) is 9.78 Å². The molecule has 0 spiro atoms. The summed E-state index contributed by atoms with van der Waals surface area (Å²) in [5, 5.41) is 19.6. The van der Waals surface area contributed by atoms with Crippen LogP contribution in [-0.2, 0) is 26.3 Å². The number of amides is 2. The molecular formula is C18H20N8Na2O8S3. The van der Waals surface area contributed by atoms with Crippen molar-refractivity contribution in [2.45, 2.75) is 16.6 Å². The van der Waals surface area contributed by atoms with E-state index in [9.17, 15) is 29.1 Å². The van der Waals surface area contributed by atoms with Gasteiger partial charge in [0.15, 0.2) is 16.0 Å². The second-order valence-corrected chi connectivity index (χ2v) is 10.2. The van der Waals surface area contributed by atoms with Crippen molar-refractivity contribution < 1.29 is 29.8 Å². The minimum Gasteiger partial charge on any atom is -0.477 e. The van der Waals surface area contributed by atoms with E-state index in [0.29, 0.717) is 5.57 Å².